The first-order valence-electron chi connectivity index (χ1n) is 7.19. The molecule has 1 saturated heterocycles. The van der Waals surface area contributed by atoms with Gasteiger partial charge < -0.3 is 10.2 Å². The number of piperidine rings is 1. The van der Waals surface area contributed by atoms with Crippen LogP contribution in [0.3, 0.4) is 0 Å². The van der Waals surface area contributed by atoms with Gasteiger partial charge in [-0.05, 0) is 31.0 Å². The lowest BCUT2D eigenvalue weighted by molar-refractivity contribution is 0.0628. The van der Waals surface area contributed by atoms with Crippen LogP contribution in [0, 0.1) is 5.92 Å². The normalized spacial score (nSPS) is 23.4. The summed E-state index contributed by atoms with van der Waals surface area (Å²) in [6.07, 6.45) is 5.51. The van der Waals surface area contributed by atoms with Gasteiger partial charge in [-0.3, -0.25) is 9.78 Å². The lowest BCUT2D eigenvalue weighted by atomic mass is 9.89. The molecule has 1 aromatic rings. The Morgan fingerprint density at radius 1 is 1.42 bits per heavy atom. The van der Waals surface area contributed by atoms with Crippen molar-refractivity contribution in [1.29, 1.82) is 0 Å². The van der Waals surface area contributed by atoms with E-state index in [-0.39, 0.29) is 5.91 Å². The molecule has 4 nitrogen and oxygen atoms in total. The van der Waals surface area contributed by atoms with Gasteiger partial charge in [-0.2, -0.15) is 0 Å². The van der Waals surface area contributed by atoms with Crippen LogP contribution in [0.5, 0.6) is 0 Å². The lowest BCUT2D eigenvalue weighted by Crippen LogP contribution is -2.50. The average molecular weight is 261 g/mol. The van der Waals surface area contributed by atoms with Crippen LogP contribution in [0.15, 0.2) is 24.5 Å². The molecule has 0 aliphatic carbocycles. The van der Waals surface area contributed by atoms with E-state index in [9.17, 15) is 4.79 Å². The predicted octanol–water partition coefficient (Wildman–Crippen LogP) is 1.93. The maximum absolute atomic E-state index is 12.4. The van der Waals surface area contributed by atoms with E-state index < -0.39 is 0 Å². The van der Waals surface area contributed by atoms with Crippen LogP contribution >= 0.6 is 0 Å². The van der Waals surface area contributed by atoms with Crippen LogP contribution in [0.2, 0.25) is 0 Å². The van der Waals surface area contributed by atoms with Crippen LogP contribution in [0.25, 0.3) is 0 Å². The largest absolute Gasteiger partial charge is 0.338 e. The zero-order valence-electron chi connectivity index (χ0n) is 11.8. The molecule has 1 fully saturated rings. The molecule has 104 valence electrons. The SMILES string of the molecule is CCNC1CCN(C(=O)c2ccncc2)CC1CC. The summed E-state index contributed by atoms with van der Waals surface area (Å²) in [6.45, 7) is 7.04. The van der Waals surface area contributed by atoms with Crippen molar-refractivity contribution in [3.63, 3.8) is 0 Å². The topological polar surface area (TPSA) is 45.2 Å². The number of nitrogens with zero attached hydrogens (tertiary/aromatic N) is 2. The van der Waals surface area contributed by atoms with Gasteiger partial charge in [0, 0.05) is 37.1 Å². The van der Waals surface area contributed by atoms with E-state index in [1.54, 1.807) is 24.5 Å². The Hall–Kier alpha value is -1.42. The molecule has 1 aromatic heterocycles. The molecule has 0 spiro atoms. The molecule has 1 amide bonds. The molecule has 4 heteroatoms. The zero-order chi connectivity index (χ0) is 13.7. The summed E-state index contributed by atoms with van der Waals surface area (Å²) >= 11 is 0. The van der Waals surface area contributed by atoms with E-state index in [0.717, 1.165) is 38.0 Å². The number of pyridine rings is 1. The summed E-state index contributed by atoms with van der Waals surface area (Å²) in [5.74, 6) is 0.690. The molecule has 2 unspecified atom stereocenters. The van der Waals surface area contributed by atoms with E-state index in [1.807, 2.05) is 4.90 Å². The van der Waals surface area contributed by atoms with Crippen LogP contribution in [0.4, 0.5) is 0 Å². The first kappa shape index (κ1) is 14.0. The predicted molar refractivity (Wildman–Crippen MR) is 76.0 cm³/mol. The number of carbonyl (C=O) groups is 1. The quantitative estimate of drug-likeness (QED) is 0.901. The minimum absolute atomic E-state index is 0.135. The number of likely N-dealkylation sites (tertiary alicyclic amines) is 1. The van der Waals surface area contributed by atoms with Crippen molar-refractivity contribution in [3.8, 4) is 0 Å². The monoisotopic (exact) mass is 261 g/mol. The standard InChI is InChI=1S/C15H23N3O/c1-3-12-11-18(10-7-14(12)17-4-2)15(19)13-5-8-16-9-6-13/h5-6,8-9,12,14,17H,3-4,7,10-11H2,1-2H3. The summed E-state index contributed by atoms with van der Waals surface area (Å²) in [7, 11) is 0. The number of carbonyl (C=O) groups excluding carboxylic acids is 1. The first-order chi connectivity index (χ1) is 9.26. The van der Waals surface area contributed by atoms with Crippen molar-refractivity contribution >= 4 is 5.91 Å². The Balaban J connectivity index is 2.02. The second-order valence-electron chi connectivity index (χ2n) is 5.11. The highest BCUT2D eigenvalue weighted by atomic mass is 16.2. The number of rotatable bonds is 4. The second kappa shape index (κ2) is 6.66. The molecule has 1 aliphatic rings. The summed E-state index contributed by atoms with van der Waals surface area (Å²) in [4.78, 5) is 18.3. The number of hydrogen-bond acceptors (Lipinski definition) is 3. The second-order valence-corrected chi connectivity index (χ2v) is 5.11. The number of hydrogen-bond donors (Lipinski definition) is 1. The van der Waals surface area contributed by atoms with Gasteiger partial charge >= 0.3 is 0 Å². The first-order valence-corrected chi connectivity index (χ1v) is 7.19. The third-order valence-electron chi connectivity index (χ3n) is 3.94. The van der Waals surface area contributed by atoms with Gasteiger partial charge in [0.25, 0.3) is 5.91 Å². The Morgan fingerprint density at radius 2 is 2.16 bits per heavy atom. The summed E-state index contributed by atoms with van der Waals surface area (Å²) < 4.78 is 0. The van der Waals surface area contributed by atoms with Crippen LogP contribution < -0.4 is 5.32 Å². The Labute approximate surface area is 115 Å². The molecule has 0 saturated carbocycles. The summed E-state index contributed by atoms with van der Waals surface area (Å²) in [5, 5.41) is 3.54. The molecule has 0 radical (unpaired) electrons. The fraction of sp³-hybridized carbons (Fsp3) is 0.600. The Kier molecular flexibility index (Phi) is 4.91. The molecular weight excluding hydrogens is 238 g/mol. The van der Waals surface area contributed by atoms with Crippen molar-refractivity contribution in [2.45, 2.75) is 32.7 Å². The minimum Gasteiger partial charge on any atom is -0.338 e. The fourth-order valence-corrected chi connectivity index (χ4v) is 2.84. The van der Waals surface area contributed by atoms with E-state index in [1.165, 1.54) is 0 Å². The average Bonchev–Trinajstić information content (AvgIpc) is 2.48. The molecular formula is C15H23N3O. The van der Waals surface area contributed by atoms with E-state index in [4.69, 9.17) is 0 Å². The molecule has 0 bridgehead atoms. The van der Waals surface area contributed by atoms with Gasteiger partial charge in [0.05, 0.1) is 0 Å². The third kappa shape index (κ3) is 3.32. The van der Waals surface area contributed by atoms with Gasteiger partial charge in [-0.15, -0.1) is 0 Å². The molecule has 2 atom stereocenters. The third-order valence-corrected chi connectivity index (χ3v) is 3.94. The Morgan fingerprint density at radius 3 is 2.79 bits per heavy atom. The van der Waals surface area contributed by atoms with Crippen molar-refractivity contribution < 1.29 is 4.79 Å². The fourth-order valence-electron chi connectivity index (χ4n) is 2.84. The van der Waals surface area contributed by atoms with Gasteiger partial charge in [-0.1, -0.05) is 20.3 Å². The molecule has 1 aliphatic heterocycles. The lowest BCUT2D eigenvalue weighted by Gasteiger charge is -2.38. The summed E-state index contributed by atoms with van der Waals surface area (Å²) in [6, 6.07) is 4.13. The minimum atomic E-state index is 0.135. The van der Waals surface area contributed by atoms with Gasteiger partial charge in [0.2, 0.25) is 0 Å². The Bertz CT molecular complexity index is 407. The molecule has 2 rings (SSSR count). The van der Waals surface area contributed by atoms with Gasteiger partial charge in [-0.25, -0.2) is 0 Å². The van der Waals surface area contributed by atoms with Crippen LogP contribution in [-0.4, -0.2) is 41.5 Å². The van der Waals surface area contributed by atoms with Crippen molar-refractivity contribution in [1.82, 2.24) is 15.2 Å². The smallest absolute Gasteiger partial charge is 0.253 e. The maximum Gasteiger partial charge on any atom is 0.253 e. The number of nitrogens with one attached hydrogen (secondary N) is 1. The van der Waals surface area contributed by atoms with Crippen LogP contribution in [-0.2, 0) is 0 Å². The van der Waals surface area contributed by atoms with Crippen molar-refractivity contribution in [2.24, 2.45) is 5.92 Å². The highest BCUT2D eigenvalue weighted by Gasteiger charge is 2.30. The van der Waals surface area contributed by atoms with E-state index in [0.29, 0.717) is 12.0 Å². The number of aromatic nitrogens is 1. The van der Waals surface area contributed by atoms with E-state index in [2.05, 4.69) is 24.1 Å². The van der Waals surface area contributed by atoms with E-state index >= 15 is 0 Å². The highest BCUT2D eigenvalue weighted by molar-refractivity contribution is 5.94. The molecule has 19 heavy (non-hydrogen) atoms. The number of amides is 1. The molecule has 2 heterocycles. The van der Waals surface area contributed by atoms with Gasteiger partial charge in [0.15, 0.2) is 0 Å². The van der Waals surface area contributed by atoms with Crippen molar-refractivity contribution in [2.75, 3.05) is 19.6 Å². The van der Waals surface area contributed by atoms with Crippen molar-refractivity contribution in [3.05, 3.63) is 30.1 Å². The highest BCUT2D eigenvalue weighted by Crippen LogP contribution is 2.21. The molecule has 0 aromatic carbocycles. The van der Waals surface area contributed by atoms with Gasteiger partial charge in [0.1, 0.15) is 0 Å². The summed E-state index contributed by atoms with van der Waals surface area (Å²) in [5.41, 5.74) is 0.742. The maximum atomic E-state index is 12.4. The zero-order valence-corrected chi connectivity index (χ0v) is 11.8. The molecule has 1 N–H and O–H groups in total. The van der Waals surface area contributed by atoms with Crippen LogP contribution in [0.1, 0.15) is 37.0 Å².